The van der Waals surface area contributed by atoms with Gasteiger partial charge in [-0.3, -0.25) is 4.18 Å². The van der Waals surface area contributed by atoms with Crippen molar-refractivity contribution in [3.05, 3.63) is 0 Å². The van der Waals surface area contributed by atoms with Crippen LogP contribution >= 0.6 is 0 Å². The lowest BCUT2D eigenvalue weighted by atomic mass is 9.82. The number of hydrogen-bond acceptors (Lipinski definition) is 7. The van der Waals surface area contributed by atoms with Crippen molar-refractivity contribution < 1.29 is 30.9 Å². The molecule has 0 unspecified atom stereocenters. The van der Waals surface area contributed by atoms with Crippen LogP contribution in [0.1, 0.15) is 74.1 Å². The first-order chi connectivity index (χ1) is 15.6. The summed E-state index contributed by atoms with van der Waals surface area (Å²) in [5, 5.41) is 0.0694. The quantitative estimate of drug-likeness (QED) is 0.262. The molecule has 2 aliphatic rings. The van der Waals surface area contributed by atoms with Crippen molar-refractivity contribution in [1.29, 1.82) is 0 Å². The zero-order valence-electron chi connectivity index (χ0n) is 24.3. The van der Waals surface area contributed by atoms with E-state index in [1.54, 1.807) is 0 Å². The Morgan fingerprint density at radius 3 is 2.11 bits per heavy atom. The van der Waals surface area contributed by atoms with Gasteiger partial charge in [0, 0.05) is 19.6 Å². The second-order valence-electron chi connectivity index (χ2n) is 13.7. The minimum Gasteiger partial charge on any atom is -0.417 e. The van der Waals surface area contributed by atoms with E-state index in [-0.39, 0.29) is 22.3 Å². The normalized spacial score (nSPS) is 30.1. The van der Waals surface area contributed by atoms with E-state index in [4.69, 9.17) is 22.5 Å². The van der Waals surface area contributed by atoms with Crippen molar-refractivity contribution in [3.8, 4) is 0 Å². The van der Waals surface area contributed by atoms with Gasteiger partial charge < -0.3 is 18.3 Å². The predicted molar refractivity (Wildman–Crippen MR) is 146 cm³/mol. The maximum Gasteiger partial charge on any atom is 0.264 e. The molecule has 5 atom stereocenters. The van der Waals surface area contributed by atoms with E-state index >= 15 is 0 Å². The van der Waals surface area contributed by atoms with Crippen molar-refractivity contribution >= 4 is 26.8 Å². The Labute approximate surface area is 217 Å². The van der Waals surface area contributed by atoms with Crippen LogP contribution < -0.4 is 0 Å². The molecule has 0 aromatic rings. The van der Waals surface area contributed by atoms with E-state index in [1.165, 1.54) is 0 Å². The lowest BCUT2D eigenvalue weighted by Crippen LogP contribution is -2.63. The summed E-state index contributed by atoms with van der Waals surface area (Å²) in [5.41, 5.74) is -0.490. The summed E-state index contributed by atoms with van der Waals surface area (Å²) in [4.78, 5) is 0. The van der Waals surface area contributed by atoms with Crippen LogP contribution in [0.15, 0.2) is 0 Å². The average Bonchev–Trinajstić information content (AvgIpc) is 2.63. The molecule has 0 amide bonds. The molecule has 2 saturated heterocycles. The molecule has 0 bridgehead atoms. The van der Waals surface area contributed by atoms with Crippen LogP contribution in [-0.4, -0.2) is 74.5 Å². The van der Waals surface area contributed by atoms with E-state index in [1.807, 2.05) is 0 Å². The first-order valence-corrected chi connectivity index (χ1v) is 20.7. The highest BCUT2D eigenvalue weighted by molar-refractivity contribution is 7.86. The Hall–Kier alpha value is 0.184. The zero-order chi connectivity index (χ0) is 27.1. The van der Waals surface area contributed by atoms with E-state index < -0.39 is 44.6 Å². The fourth-order valence-electron chi connectivity index (χ4n) is 4.29. The van der Waals surface area contributed by atoms with Crippen LogP contribution in [0.2, 0.25) is 36.3 Å². The van der Waals surface area contributed by atoms with Crippen LogP contribution in [0.4, 0.5) is 0 Å². The standard InChI is InChI=1S/C25H52O7SSi2/c1-23(2,3)34(9,10)29-17-14-19(31-33(8,26)27)22-20(32-35(11,12)24(4,5)6)18-21-25(7,30-22)15-13-16-28-21/h19-22H,13-18H2,1-12H3/t19-,20-,21+,22+,25-/m0/s1. The van der Waals surface area contributed by atoms with E-state index in [0.29, 0.717) is 26.1 Å². The Morgan fingerprint density at radius 1 is 1.03 bits per heavy atom. The fraction of sp³-hybridized carbons (Fsp3) is 1.00. The molecule has 2 fully saturated rings. The van der Waals surface area contributed by atoms with Crippen LogP contribution in [0.5, 0.6) is 0 Å². The summed E-state index contributed by atoms with van der Waals surface area (Å²) in [7, 11) is -7.87. The van der Waals surface area contributed by atoms with Gasteiger partial charge in [-0.25, -0.2) is 0 Å². The van der Waals surface area contributed by atoms with Gasteiger partial charge in [0.2, 0.25) is 0 Å². The molecule has 0 spiro atoms. The number of hydrogen-bond donors (Lipinski definition) is 0. The van der Waals surface area contributed by atoms with Gasteiger partial charge in [-0.15, -0.1) is 0 Å². The van der Waals surface area contributed by atoms with Gasteiger partial charge >= 0.3 is 0 Å². The van der Waals surface area contributed by atoms with Gasteiger partial charge in [0.1, 0.15) is 12.2 Å². The largest absolute Gasteiger partial charge is 0.417 e. The molecule has 208 valence electrons. The molecular formula is C25H52O7SSi2. The highest BCUT2D eigenvalue weighted by atomic mass is 32.2. The van der Waals surface area contributed by atoms with Crippen molar-refractivity contribution in [2.75, 3.05) is 19.5 Å². The molecule has 0 aliphatic carbocycles. The van der Waals surface area contributed by atoms with Gasteiger partial charge in [-0.05, 0) is 62.5 Å². The molecule has 0 aromatic carbocycles. The molecule has 0 N–H and O–H groups in total. The summed E-state index contributed by atoms with van der Waals surface area (Å²) < 4.78 is 56.6. The van der Waals surface area contributed by atoms with Crippen LogP contribution in [0.3, 0.4) is 0 Å². The Morgan fingerprint density at radius 2 is 1.60 bits per heavy atom. The smallest absolute Gasteiger partial charge is 0.264 e. The Balaban J connectivity index is 2.36. The second kappa shape index (κ2) is 10.7. The second-order valence-corrected chi connectivity index (χ2v) is 24.9. The maximum atomic E-state index is 12.4. The number of rotatable bonds is 9. The summed E-state index contributed by atoms with van der Waals surface area (Å²) in [6.45, 7) is 25.2. The van der Waals surface area contributed by atoms with E-state index in [0.717, 1.165) is 19.1 Å². The third-order valence-corrected chi connectivity index (χ3v) is 18.3. The molecule has 2 heterocycles. The summed E-state index contributed by atoms with van der Waals surface area (Å²) in [5.74, 6) is 0. The third kappa shape index (κ3) is 8.08. The van der Waals surface area contributed by atoms with Crippen LogP contribution in [-0.2, 0) is 32.6 Å². The van der Waals surface area contributed by atoms with Crippen LogP contribution in [0, 0.1) is 0 Å². The molecule has 7 nitrogen and oxygen atoms in total. The number of fused-ring (bicyclic) bond motifs is 1. The lowest BCUT2D eigenvalue weighted by molar-refractivity contribution is -0.263. The monoisotopic (exact) mass is 552 g/mol. The molecule has 0 saturated carbocycles. The van der Waals surface area contributed by atoms with Crippen molar-refractivity contribution in [2.24, 2.45) is 0 Å². The van der Waals surface area contributed by atoms with E-state index in [2.05, 4.69) is 74.7 Å². The van der Waals surface area contributed by atoms with Crippen molar-refractivity contribution in [2.45, 2.75) is 140 Å². The summed E-state index contributed by atoms with van der Waals surface area (Å²) >= 11 is 0. The minimum absolute atomic E-state index is 0.00432. The summed E-state index contributed by atoms with van der Waals surface area (Å²) in [6, 6.07) is 0. The molecule has 2 rings (SSSR count). The molecule has 0 aromatic heterocycles. The highest BCUT2D eigenvalue weighted by Crippen LogP contribution is 2.45. The molecule has 10 heteroatoms. The SMILES string of the molecule is CC(C)(C)[Si](C)(C)OCC[C@H](OS(C)(=O)=O)[C@H]1O[C@@]2(C)CCCO[C@@H]2C[C@@H]1O[Si](C)(C)C(C)(C)C. The van der Waals surface area contributed by atoms with Crippen molar-refractivity contribution in [1.82, 2.24) is 0 Å². The summed E-state index contributed by atoms with van der Waals surface area (Å²) in [6.07, 6.45) is 2.37. The predicted octanol–water partition coefficient (Wildman–Crippen LogP) is 5.86. The Bertz CT molecular complexity index is 817. The van der Waals surface area contributed by atoms with Gasteiger partial charge in [-0.1, -0.05) is 41.5 Å². The van der Waals surface area contributed by atoms with E-state index in [9.17, 15) is 8.42 Å². The first-order valence-electron chi connectivity index (χ1n) is 13.1. The zero-order valence-corrected chi connectivity index (χ0v) is 27.1. The molecular weight excluding hydrogens is 501 g/mol. The van der Waals surface area contributed by atoms with Crippen molar-refractivity contribution in [3.63, 3.8) is 0 Å². The molecule has 35 heavy (non-hydrogen) atoms. The fourth-order valence-corrected chi connectivity index (χ4v) is 7.35. The van der Waals surface area contributed by atoms with Gasteiger partial charge in [0.05, 0.1) is 24.1 Å². The molecule has 2 aliphatic heterocycles. The van der Waals surface area contributed by atoms with Crippen LogP contribution in [0.25, 0.3) is 0 Å². The third-order valence-electron chi connectivity index (χ3n) is 8.62. The van der Waals surface area contributed by atoms with Gasteiger partial charge in [0.25, 0.3) is 10.1 Å². The minimum atomic E-state index is -3.71. The molecule has 0 radical (unpaired) electrons. The van der Waals surface area contributed by atoms with Gasteiger partial charge in [0.15, 0.2) is 16.6 Å². The highest BCUT2D eigenvalue weighted by Gasteiger charge is 2.53. The lowest BCUT2D eigenvalue weighted by Gasteiger charge is -2.53. The number of ether oxygens (including phenoxy) is 2. The topological polar surface area (TPSA) is 80.3 Å². The Kier molecular flexibility index (Phi) is 9.64. The maximum absolute atomic E-state index is 12.4. The average molecular weight is 553 g/mol. The van der Waals surface area contributed by atoms with Gasteiger partial charge in [-0.2, -0.15) is 8.42 Å². The first kappa shape index (κ1) is 31.4.